The lowest BCUT2D eigenvalue weighted by Crippen LogP contribution is -2.46. The number of thiazole rings is 1. The van der Waals surface area contributed by atoms with E-state index in [0.717, 1.165) is 10.9 Å². The second-order valence-electron chi connectivity index (χ2n) is 8.59. The smallest absolute Gasteiger partial charge is 0.412 e. The molecule has 3 heterocycles. The number of pyridine rings is 2. The number of benzene rings is 2. The number of nitrogens with zero attached hydrogens (tertiary/aromatic N) is 4. The fraction of sp³-hybridized carbons (Fsp3) is 0.185. The molecule has 0 fully saturated rings. The Morgan fingerprint density at radius 1 is 1.16 bits per heavy atom. The summed E-state index contributed by atoms with van der Waals surface area (Å²) in [7, 11) is 1.57. The monoisotopic (exact) mass is 552 g/mol. The van der Waals surface area contributed by atoms with Gasteiger partial charge in [0.05, 0.1) is 40.8 Å². The quantitative estimate of drug-likeness (QED) is 0.231. The van der Waals surface area contributed by atoms with Crippen molar-refractivity contribution in [1.29, 1.82) is 0 Å². The molecule has 5 rings (SSSR count). The van der Waals surface area contributed by atoms with Gasteiger partial charge in [-0.2, -0.15) is 0 Å². The maximum atomic E-state index is 15.1. The van der Waals surface area contributed by atoms with E-state index in [0.29, 0.717) is 37.2 Å². The number of aromatic nitrogens is 3. The van der Waals surface area contributed by atoms with Gasteiger partial charge in [0.15, 0.2) is 11.6 Å². The standard InChI is InChI=1S/C27H22ClFN4O4S/c1-14(33(27(34)35)18-4-6-30-7-5-18)15(2)37-23-12-24-22(11-21(23)29)32-26(38-24)20-10-17(28)8-16-9-19(36-3)13-31-25(16)20/h4-15H,1-3H3,(H,34,35). The summed E-state index contributed by atoms with van der Waals surface area (Å²) in [5.41, 5.74) is 2.31. The molecule has 0 bridgehead atoms. The highest BCUT2D eigenvalue weighted by Crippen LogP contribution is 2.38. The van der Waals surface area contributed by atoms with Crippen molar-refractivity contribution < 1.29 is 23.8 Å². The number of hydrogen-bond donors (Lipinski definition) is 1. The average molecular weight is 553 g/mol. The number of rotatable bonds is 7. The Hall–Kier alpha value is -4.02. The third-order valence-electron chi connectivity index (χ3n) is 6.18. The van der Waals surface area contributed by atoms with Crippen molar-refractivity contribution in [3.8, 4) is 22.1 Å². The molecule has 194 valence electrons. The first kappa shape index (κ1) is 25.6. The van der Waals surface area contributed by atoms with E-state index in [2.05, 4.69) is 15.0 Å². The van der Waals surface area contributed by atoms with Gasteiger partial charge in [0.2, 0.25) is 0 Å². The number of amides is 1. The van der Waals surface area contributed by atoms with E-state index in [-0.39, 0.29) is 5.75 Å². The van der Waals surface area contributed by atoms with Crippen LogP contribution in [0.25, 0.3) is 31.7 Å². The lowest BCUT2D eigenvalue weighted by atomic mass is 10.1. The van der Waals surface area contributed by atoms with E-state index in [9.17, 15) is 9.90 Å². The van der Waals surface area contributed by atoms with E-state index in [1.54, 1.807) is 57.5 Å². The number of ether oxygens (including phenoxy) is 2. The van der Waals surface area contributed by atoms with E-state index in [1.807, 2.05) is 6.07 Å². The molecule has 5 aromatic rings. The molecule has 0 saturated carbocycles. The minimum absolute atomic E-state index is 0.00549. The summed E-state index contributed by atoms with van der Waals surface area (Å²) < 4.78 is 27.0. The molecule has 1 amide bonds. The van der Waals surface area contributed by atoms with Gasteiger partial charge in [-0.25, -0.2) is 14.2 Å². The molecule has 0 aliphatic carbocycles. The molecule has 8 nitrogen and oxygen atoms in total. The number of hydrogen-bond acceptors (Lipinski definition) is 7. The van der Waals surface area contributed by atoms with Gasteiger partial charge in [-0.3, -0.25) is 14.9 Å². The van der Waals surface area contributed by atoms with Gasteiger partial charge >= 0.3 is 6.09 Å². The second kappa shape index (κ2) is 10.4. The summed E-state index contributed by atoms with van der Waals surface area (Å²) in [6, 6.07) is 10.9. The van der Waals surface area contributed by atoms with Gasteiger partial charge < -0.3 is 14.6 Å². The Labute approximate surface area is 226 Å². The predicted octanol–water partition coefficient (Wildman–Crippen LogP) is 7.05. The SMILES string of the molecule is COc1cnc2c(-c3nc4cc(F)c(OC(C)C(C)N(C(=O)O)c5ccncc5)cc4s3)cc(Cl)cc2c1. The van der Waals surface area contributed by atoms with Crippen molar-refractivity contribution in [1.82, 2.24) is 15.0 Å². The van der Waals surface area contributed by atoms with Crippen LogP contribution in [-0.2, 0) is 0 Å². The Bertz CT molecular complexity index is 1650. The van der Waals surface area contributed by atoms with E-state index < -0.39 is 24.1 Å². The Morgan fingerprint density at radius 3 is 2.63 bits per heavy atom. The zero-order valence-electron chi connectivity index (χ0n) is 20.6. The van der Waals surface area contributed by atoms with E-state index in [4.69, 9.17) is 21.1 Å². The highest BCUT2D eigenvalue weighted by atomic mass is 35.5. The van der Waals surface area contributed by atoms with Crippen LogP contribution in [0.2, 0.25) is 5.02 Å². The highest BCUT2D eigenvalue weighted by Gasteiger charge is 2.28. The van der Waals surface area contributed by atoms with Gasteiger partial charge in [0.25, 0.3) is 0 Å². The van der Waals surface area contributed by atoms with Gasteiger partial charge in [-0.15, -0.1) is 11.3 Å². The maximum absolute atomic E-state index is 15.1. The number of carbonyl (C=O) groups is 1. The summed E-state index contributed by atoms with van der Waals surface area (Å²) in [5.74, 6) is 0.0107. The third kappa shape index (κ3) is 4.92. The molecule has 2 unspecified atom stereocenters. The number of fused-ring (bicyclic) bond motifs is 2. The second-order valence-corrected chi connectivity index (χ2v) is 10.1. The van der Waals surface area contributed by atoms with Crippen LogP contribution < -0.4 is 14.4 Å². The van der Waals surface area contributed by atoms with Crippen molar-refractivity contribution in [3.63, 3.8) is 0 Å². The fourth-order valence-corrected chi connectivity index (χ4v) is 5.36. The zero-order valence-corrected chi connectivity index (χ0v) is 22.1. The van der Waals surface area contributed by atoms with Crippen LogP contribution in [0.3, 0.4) is 0 Å². The normalized spacial score (nSPS) is 12.9. The molecule has 2 atom stereocenters. The summed E-state index contributed by atoms with van der Waals surface area (Å²) >= 11 is 7.73. The number of anilines is 1. The van der Waals surface area contributed by atoms with Crippen LogP contribution in [0.5, 0.6) is 11.5 Å². The molecule has 11 heteroatoms. The minimum Gasteiger partial charge on any atom is -0.495 e. The Morgan fingerprint density at radius 2 is 1.92 bits per heavy atom. The van der Waals surface area contributed by atoms with Crippen LogP contribution in [0.15, 0.2) is 61.1 Å². The summed E-state index contributed by atoms with van der Waals surface area (Å²) in [6.07, 6.45) is 2.81. The first-order chi connectivity index (χ1) is 18.2. The molecular weight excluding hydrogens is 531 g/mol. The van der Waals surface area contributed by atoms with Gasteiger partial charge in [0.1, 0.15) is 16.9 Å². The molecule has 3 aromatic heterocycles. The average Bonchev–Trinajstić information content (AvgIpc) is 3.30. The maximum Gasteiger partial charge on any atom is 0.412 e. The molecule has 0 aliphatic rings. The lowest BCUT2D eigenvalue weighted by molar-refractivity contribution is 0.167. The highest BCUT2D eigenvalue weighted by molar-refractivity contribution is 7.21. The topological polar surface area (TPSA) is 97.7 Å². The van der Waals surface area contributed by atoms with Crippen molar-refractivity contribution >= 4 is 55.8 Å². The number of halogens is 2. The summed E-state index contributed by atoms with van der Waals surface area (Å²) in [6.45, 7) is 3.40. The van der Waals surface area contributed by atoms with Crippen molar-refractivity contribution in [3.05, 3.63) is 71.9 Å². The molecule has 38 heavy (non-hydrogen) atoms. The minimum atomic E-state index is -1.15. The van der Waals surface area contributed by atoms with E-state index >= 15 is 4.39 Å². The predicted molar refractivity (Wildman–Crippen MR) is 146 cm³/mol. The van der Waals surface area contributed by atoms with Crippen LogP contribution in [0.1, 0.15) is 13.8 Å². The molecule has 1 N–H and O–H groups in total. The van der Waals surface area contributed by atoms with Crippen molar-refractivity contribution in [2.45, 2.75) is 26.0 Å². The van der Waals surface area contributed by atoms with Gasteiger partial charge in [-0.05, 0) is 44.2 Å². The van der Waals surface area contributed by atoms with Crippen LogP contribution in [0, 0.1) is 5.82 Å². The first-order valence-electron chi connectivity index (χ1n) is 11.6. The summed E-state index contributed by atoms with van der Waals surface area (Å²) in [5, 5.41) is 11.7. The summed E-state index contributed by atoms with van der Waals surface area (Å²) in [4.78, 5) is 26.2. The van der Waals surface area contributed by atoms with Crippen LogP contribution in [0.4, 0.5) is 14.9 Å². The third-order valence-corrected chi connectivity index (χ3v) is 7.45. The van der Waals surface area contributed by atoms with Crippen LogP contribution >= 0.6 is 22.9 Å². The molecule has 0 radical (unpaired) electrons. The molecule has 0 spiro atoms. The van der Waals surface area contributed by atoms with Crippen LogP contribution in [-0.4, -0.2) is 45.4 Å². The van der Waals surface area contributed by atoms with Gasteiger partial charge in [0, 0.05) is 40.5 Å². The van der Waals surface area contributed by atoms with Crippen molar-refractivity contribution in [2.24, 2.45) is 0 Å². The number of carboxylic acid groups (broad SMARTS) is 1. The molecule has 0 saturated heterocycles. The van der Waals surface area contributed by atoms with Gasteiger partial charge in [-0.1, -0.05) is 11.6 Å². The Balaban J connectivity index is 1.47. The first-order valence-corrected chi connectivity index (χ1v) is 12.8. The number of methoxy groups -OCH3 is 1. The van der Waals surface area contributed by atoms with E-state index in [1.165, 1.54) is 34.7 Å². The molecular formula is C27H22ClFN4O4S. The fourth-order valence-electron chi connectivity index (χ4n) is 4.14. The largest absolute Gasteiger partial charge is 0.495 e. The molecule has 2 aromatic carbocycles. The molecule has 0 aliphatic heterocycles. The van der Waals surface area contributed by atoms with Crippen molar-refractivity contribution in [2.75, 3.05) is 12.0 Å². The Kier molecular flexibility index (Phi) is 7.00. The zero-order chi connectivity index (χ0) is 27.0. The lowest BCUT2D eigenvalue weighted by Gasteiger charge is -2.31.